The van der Waals surface area contributed by atoms with Gasteiger partial charge in [-0.1, -0.05) is 18.6 Å². The minimum Gasteiger partial charge on any atom is -0.359 e. The molecule has 1 aromatic heterocycles. The molecular formula is C10H19N5O. The highest BCUT2D eigenvalue weighted by Crippen LogP contribution is 2.11. The second kappa shape index (κ2) is 6.22. The Morgan fingerprint density at radius 1 is 1.69 bits per heavy atom. The molecule has 1 unspecified atom stereocenters. The molecule has 3 N–H and O–H groups in total. The number of nitrogens with two attached hydrogens (primary N) is 1. The van der Waals surface area contributed by atoms with E-state index in [9.17, 15) is 4.79 Å². The molecule has 0 fully saturated rings. The van der Waals surface area contributed by atoms with Crippen LogP contribution in [-0.4, -0.2) is 27.9 Å². The van der Waals surface area contributed by atoms with Crippen LogP contribution in [0.25, 0.3) is 0 Å². The zero-order valence-electron chi connectivity index (χ0n) is 9.81. The van der Waals surface area contributed by atoms with Gasteiger partial charge in [-0.05, 0) is 6.42 Å². The van der Waals surface area contributed by atoms with E-state index in [-0.39, 0.29) is 11.9 Å². The summed E-state index contributed by atoms with van der Waals surface area (Å²) in [6, 6.07) is -0.0567. The molecule has 0 spiro atoms. The van der Waals surface area contributed by atoms with Crippen molar-refractivity contribution >= 4 is 5.91 Å². The van der Waals surface area contributed by atoms with Crippen LogP contribution in [0.1, 0.15) is 37.9 Å². The van der Waals surface area contributed by atoms with E-state index < -0.39 is 0 Å². The van der Waals surface area contributed by atoms with Crippen LogP contribution >= 0.6 is 0 Å². The minimum atomic E-state index is -0.0567. The van der Waals surface area contributed by atoms with Gasteiger partial charge in [0, 0.05) is 13.5 Å². The number of carbonyl (C=O) groups excluding carboxylic acids is 1. The fraction of sp³-hybridized carbons (Fsp3) is 0.700. The molecule has 90 valence electrons. The summed E-state index contributed by atoms with van der Waals surface area (Å²) in [4.78, 5) is 11.0. The highest BCUT2D eigenvalue weighted by Gasteiger charge is 2.09. The first kappa shape index (κ1) is 12.6. The highest BCUT2D eigenvalue weighted by molar-refractivity contribution is 5.75. The summed E-state index contributed by atoms with van der Waals surface area (Å²) in [5.74, 6) is -0.00472. The van der Waals surface area contributed by atoms with Crippen molar-refractivity contribution in [2.24, 2.45) is 5.73 Å². The lowest BCUT2D eigenvalue weighted by atomic mass is 10.1. The predicted octanol–water partition coefficient (Wildman–Crippen LogP) is 0.214. The van der Waals surface area contributed by atoms with Crippen LogP contribution in [-0.2, 0) is 11.3 Å². The van der Waals surface area contributed by atoms with Crippen LogP contribution in [0.4, 0.5) is 0 Å². The van der Waals surface area contributed by atoms with Crippen molar-refractivity contribution in [2.45, 2.75) is 38.8 Å². The fourth-order valence-corrected chi connectivity index (χ4v) is 1.39. The number of hydrogen-bond donors (Lipinski definition) is 2. The molecule has 1 aromatic rings. The monoisotopic (exact) mass is 225 g/mol. The highest BCUT2D eigenvalue weighted by atomic mass is 16.1. The molecule has 0 radical (unpaired) electrons. The molecule has 1 heterocycles. The van der Waals surface area contributed by atoms with Crippen molar-refractivity contribution < 1.29 is 4.79 Å². The largest absolute Gasteiger partial charge is 0.359 e. The molecule has 0 aliphatic rings. The molecule has 1 rings (SSSR count). The number of aromatic nitrogens is 3. The van der Waals surface area contributed by atoms with E-state index in [1.807, 2.05) is 6.20 Å². The molecule has 0 bridgehead atoms. The van der Waals surface area contributed by atoms with Gasteiger partial charge in [0.1, 0.15) is 0 Å². The lowest BCUT2D eigenvalue weighted by Gasteiger charge is -2.04. The number of nitrogens with one attached hydrogen (secondary N) is 1. The fourth-order valence-electron chi connectivity index (χ4n) is 1.39. The van der Waals surface area contributed by atoms with Gasteiger partial charge in [-0.25, -0.2) is 0 Å². The van der Waals surface area contributed by atoms with E-state index in [1.165, 1.54) is 0 Å². The first-order chi connectivity index (χ1) is 7.67. The van der Waals surface area contributed by atoms with E-state index in [2.05, 4.69) is 22.6 Å². The smallest absolute Gasteiger partial charge is 0.221 e. The molecule has 6 nitrogen and oxygen atoms in total. The number of carbonyl (C=O) groups is 1. The SMILES string of the molecule is CCCC(N)c1cn(CCC(=O)NC)nn1. The van der Waals surface area contributed by atoms with E-state index in [4.69, 9.17) is 5.73 Å². The van der Waals surface area contributed by atoms with Crippen molar-refractivity contribution in [2.75, 3.05) is 7.05 Å². The molecule has 0 aliphatic heterocycles. The number of amides is 1. The molecular weight excluding hydrogens is 206 g/mol. The molecule has 0 saturated heterocycles. The topological polar surface area (TPSA) is 85.8 Å². The molecule has 6 heteroatoms. The third-order valence-electron chi connectivity index (χ3n) is 2.38. The van der Waals surface area contributed by atoms with E-state index >= 15 is 0 Å². The summed E-state index contributed by atoms with van der Waals surface area (Å²) in [7, 11) is 1.62. The van der Waals surface area contributed by atoms with E-state index in [1.54, 1.807) is 11.7 Å². The zero-order chi connectivity index (χ0) is 12.0. The molecule has 0 saturated carbocycles. The van der Waals surface area contributed by atoms with Crippen molar-refractivity contribution in [3.63, 3.8) is 0 Å². The Kier molecular flexibility index (Phi) is 4.91. The standard InChI is InChI=1S/C10H19N5O/c1-3-4-8(11)9-7-15(14-13-9)6-5-10(16)12-2/h7-8H,3-6,11H2,1-2H3,(H,12,16). The summed E-state index contributed by atoms with van der Waals surface area (Å²) < 4.78 is 1.65. The minimum absolute atomic E-state index is 0.00472. The van der Waals surface area contributed by atoms with Crippen molar-refractivity contribution in [1.82, 2.24) is 20.3 Å². The van der Waals surface area contributed by atoms with Gasteiger partial charge >= 0.3 is 0 Å². The lowest BCUT2D eigenvalue weighted by molar-refractivity contribution is -0.120. The zero-order valence-corrected chi connectivity index (χ0v) is 9.81. The Balaban J connectivity index is 2.48. The lowest BCUT2D eigenvalue weighted by Crippen LogP contribution is -2.19. The van der Waals surface area contributed by atoms with Crippen LogP contribution in [0.15, 0.2) is 6.20 Å². The van der Waals surface area contributed by atoms with Gasteiger partial charge in [0.05, 0.1) is 24.5 Å². The van der Waals surface area contributed by atoms with Gasteiger partial charge in [-0.15, -0.1) is 5.10 Å². The van der Waals surface area contributed by atoms with Gasteiger partial charge in [-0.3, -0.25) is 9.48 Å². The molecule has 1 atom stereocenters. The Bertz CT molecular complexity index is 336. The molecule has 0 aromatic carbocycles. The normalized spacial score (nSPS) is 12.4. The van der Waals surface area contributed by atoms with Crippen LogP contribution in [0, 0.1) is 0 Å². The van der Waals surface area contributed by atoms with Crippen molar-refractivity contribution in [1.29, 1.82) is 0 Å². The van der Waals surface area contributed by atoms with Gasteiger partial charge in [0.2, 0.25) is 5.91 Å². The number of rotatable bonds is 6. The molecule has 1 amide bonds. The summed E-state index contributed by atoms with van der Waals surface area (Å²) in [5, 5.41) is 10.5. The number of hydrogen-bond acceptors (Lipinski definition) is 4. The first-order valence-corrected chi connectivity index (χ1v) is 5.53. The second-order valence-corrected chi connectivity index (χ2v) is 3.72. The Morgan fingerprint density at radius 3 is 3.06 bits per heavy atom. The third-order valence-corrected chi connectivity index (χ3v) is 2.38. The summed E-state index contributed by atoms with van der Waals surface area (Å²) in [6.07, 6.45) is 4.13. The summed E-state index contributed by atoms with van der Waals surface area (Å²) in [6.45, 7) is 2.61. The Morgan fingerprint density at radius 2 is 2.44 bits per heavy atom. The first-order valence-electron chi connectivity index (χ1n) is 5.53. The maximum Gasteiger partial charge on any atom is 0.221 e. The maximum atomic E-state index is 11.0. The van der Waals surface area contributed by atoms with Gasteiger partial charge < -0.3 is 11.1 Å². The quantitative estimate of drug-likeness (QED) is 0.725. The van der Waals surface area contributed by atoms with Crippen LogP contribution in [0.5, 0.6) is 0 Å². The van der Waals surface area contributed by atoms with E-state index in [0.29, 0.717) is 13.0 Å². The summed E-state index contributed by atoms with van der Waals surface area (Å²) in [5.41, 5.74) is 6.70. The van der Waals surface area contributed by atoms with E-state index in [0.717, 1.165) is 18.5 Å². The second-order valence-electron chi connectivity index (χ2n) is 3.72. The van der Waals surface area contributed by atoms with Crippen LogP contribution < -0.4 is 11.1 Å². The summed E-state index contributed by atoms with van der Waals surface area (Å²) >= 11 is 0. The maximum absolute atomic E-state index is 11.0. The predicted molar refractivity (Wildman–Crippen MR) is 60.5 cm³/mol. The number of aryl methyl sites for hydroxylation is 1. The Hall–Kier alpha value is -1.43. The average molecular weight is 225 g/mol. The van der Waals surface area contributed by atoms with Gasteiger partial charge in [0.15, 0.2) is 0 Å². The third kappa shape index (κ3) is 3.62. The van der Waals surface area contributed by atoms with Crippen molar-refractivity contribution in [3.05, 3.63) is 11.9 Å². The Labute approximate surface area is 95.2 Å². The molecule has 0 aliphatic carbocycles. The van der Waals surface area contributed by atoms with Gasteiger partial charge in [-0.2, -0.15) is 0 Å². The number of nitrogens with zero attached hydrogens (tertiary/aromatic N) is 3. The average Bonchev–Trinajstić information content (AvgIpc) is 2.75. The van der Waals surface area contributed by atoms with Crippen LogP contribution in [0.2, 0.25) is 0 Å². The van der Waals surface area contributed by atoms with Gasteiger partial charge in [0.25, 0.3) is 0 Å². The van der Waals surface area contributed by atoms with Crippen molar-refractivity contribution in [3.8, 4) is 0 Å². The van der Waals surface area contributed by atoms with Crippen LogP contribution in [0.3, 0.4) is 0 Å². The molecule has 16 heavy (non-hydrogen) atoms.